The van der Waals surface area contributed by atoms with Gasteiger partial charge in [0.15, 0.2) is 5.82 Å². The van der Waals surface area contributed by atoms with Crippen LogP contribution < -0.4 is 9.64 Å². The lowest BCUT2D eigenvalue weighted by Crippen LogP contribution is -2.51. The average Bonchev–Trinajstić information content (AvgIpc) is 2.35. The van der Waals surface area contributed by atoms with Crippen molar-refractivity contribution in [2.75, 3.05) is 25.1 Å². The number of hydrogen-bond donors (Lipinski definition) is 1. The number of aliphatic carboxylic acids is 1. The fourth-order valence-corrected chi connectivity index (χ4v) is 2.13. The number of ether oxygens (including phenoxy) is 1. The lowest BCUT2D eigenvalue weighted by molar-refractivity contribution is -0.142. The Morgan fingerprint density at radius 3 is 2.53 bits per heavy atom. The summed E-state index contributed by atoms with van der Waals surface area (Å²) in [5, 5.41) is 8.90. The number of carbonyl (C=O) groups is 1. The second kappa shape index (κ2) is 4.38. The van der Waals surface area contributed by atoms with Gasteiger partial charge in [-0.3, -0.25) is 4.79 Å². The van der Waals surface area contributed by atoms with Crippen molar-refractivity contribution in [1.82, 2.24) is 9.97 Å². The largest absolute Gasteiger partial charge is 0.481 e. The minimum Gasteiger partial charge on any atom is -0.481 e. The number of carboxylic acids is 1. The molecule has 0 spiro atoms. The molecular weight excluding hydrogens is 246 g/mol. The van der Waals surface area contributed by atoms with Crippen molar-refractivity contribution in [3.05, 3.63) is 24.3 Å². The van der Waals surface area contributed by atoms with E-state index >= 15 is 0 Å². The van der Waals surface area contributed by atoms with Gasteiger partial charge in [-0.2, -0.15) is 0 Å². The third kappa shape index (κ3) is 1.95. The molecule has 0 bridgehead atoms. The van der Waals surface area contributed by atoms with Crippen LogP contribution in [-0.4, -0.2) is 41.2 Å². The van der Waals surface area contributed by atoms with Crippen molar-refractivity contribution in [3.63, 3.8) is 0 Å². The second-order valence-electron chi connectivity index (χ2n) is 4.49. The number of hydrogen-bond acceptors (Lipinski definition) is 5. The van der Waals surface area contributed by atoms with Gasteiger partial charge in [0.05, 0.1) is 24.1 Å². The lowest BCUT2D eigenvalue weighted by atomic mass is 10.0. The number of rotatable bonds is 3. The molecule has 0 amide bonds. The van der Waals surface area contributed by atoms with Crippen LogP contribution in [0.2, 0.25) is 0 Å². The van der Waals surface area contributed by atoms with Gasteiger partial charge in [-0.15, -0.1) is 0 Å². The van der Waals surface area contributed by atoms with Crippen LogP contribution in [-0.2, 0) is 4.79 Å². The summed E-state index contributed by atoms with van der Waals surface area (Å²) in [6.45, 7) is 0.886. The smallest absolute Gasteiger partial charge is 0.310 e. The number of carboxylic acid groups (broad SMARTS) is 1. The Kier molecular flexibility index (Phi) is 2.70. The van der Waals surface area contributed by atoms with Crippen LogP contribution >= 0.6 is 0 Å². The van der Waals surface area contributed by atoms with Crippen molar-refractivity contribution in [1.29, 1.82) is 0 Å². The third-order valence-corrected chi connectivity index (χ3v) is 3.25. The fourth-order valence-electron chi connectivity index (χ4n) is 2.13. The molecule has 19 heavy (non-hydrogen) atoms. The van der Waals surface area contributed by atoms with E-state index in [0.29, 0.717) is 24.8 Å². The number of fused-ring (bicyclic) bond motifs is 1. The van der Waals surface area contributed by atoms with Crippen molar-refractivity contribution >= 4 is 22.8 Å². The van der Waals surface area contributed by atoms with Crippen LogP contribution in [0.1, 0.15) is 0 Å². The van der Waals surface area contributed by atoms with E-state index in [9.17, 15) is 4.79 Å². The molecule has 2 aromatic rings. The lowest BCUT2D eigenvalue weighted by Gasteiger charge is -2.37. The van der Waals surface area contributed by atoms with Crippen molar-refractivity contribution < 1.29 is 14.6 Å². The highest BCUT2D eigenvalue weighted by Gasteiger charge is 2.35. The van der Waals surface area contributed by atoms with Crippen molar-refractivity contribution in [2.24, 2.45) is 5.92 Å². The monoisotopic (exact) mass is 259 g/mol. The molecule has 0 saturated carbocycles. The molecule has 1 aliphatic rings. The van der Waals surface area contributed by atoms with E-state index in [1.54, 1.807) is 0 Å². The van der Waals surface area contributed by atoms with Gasteiger partial charge >= 0.3 is 5.97 Å². The molecule has 98 valence electrons. The average molecular weight is 259 g/mol. The van der Waals surface area contributed by atoms with Gasteiger partial charge in [0.2, 0.25) is 0 Å². The van der Waals surface area contributed by atoms with E-state index < -0.39 is 5.97 Å². The molecule has 2 heterocycles. The number of anilines is 1. The highest BCUT2D eigenvalue weighted by molar-refractivity contribution is 5.79. The molecule has 3 rings (SSSR count). The topological polar surface area (TPSA) is 75.6 Å². The first-order valence-corrected chi connectivity index (χ1v) is 5.97. The molecule has 0 unspecified atom stereocenters. The fraction of sp³-hybridized carbons (Fsp3) is 0.308. The van der Waals surface area contributed by atoms with Crippen LogP contribution in [0, 0.1) is 5.92 Å². The van der Waals surface area contributed by atoms with Crippen LogP contribution in [0.5, 0.6) is 5.88 Å². The summed E-state index contributed by atoms with van der Waals surface area (Å²) in [4.78, 5) is 21.6. The van der Waals surface area contributed by atoms with Crippen molar-refractivity contribution in [2.45, 2.75) is 0 Å². The van der Waals surface area contributed by atoms with Crippen LogP contribution in [0.3, 0.4) is 0 Å². The van der Waals surface area contributed by atoms with Crippen LogP contribution in [0.4, 0.5) is 5.82 Å². The second-order valence-corrected chi connectivity index (χ2v) is 4.49. The van der Waals surface area contributed by atoms with Gasteiger partial charge in [0.25, 0.3) is 5.88 Å². The molecule has 0 atom stereocenters. The zero-order chi connectivity index (χ0) is 13.4. The summed E-state index contributed by atoms with van der Waals surface area (Å²) < 4.78 is 5.24. The first-order chi connectivity index (χ1) is 9.19. The number of benzene rings is 1. The third-order valence-electron chi connectivity index (χ3n) is 3.25. The molecule has 1 saturated heterocycles. The number of methoxy groups -OCH3 is 1. The quantitative estimate of drug-likeness (QED) is 0.891. The zero-order valence-electron chi connectivity index (χ0n) is 10.4. The maximum atomic E-state index is 10.8. The predicted molar refractivity (Wildman–Crippen MR) is 69.4 cm³/mol. The maximum absolute atomic E-state index is 10.8. The van der Waals surface area contributed by atoms with E-state index in [4.69, 9.17) is 9.84 Å². The highest BCUT2D eigenvalue weighted by atomic mass is 16.5. The summed E-state index contributed by atoms with van der Waals surface area (Å²) in [7, 11) is 1.54. The minimum atomic E-state index is -0.774. The molecule has 6 heteroatoms. The molecule has 0 radical (unpaired) electrons. The molecule has 1 aromatic heterocycles. The van der Waals surface area contributed by atoms with E-state index in [-0.39, 0.29) is 5.92 Å². The maximum Gasteiger partial charge on any atom is 0.310 e. The van der Waals surface area contributed by atoms with Gasteiger partial charge in [0.1, 0.15) is 0 Å². The summed E-state index contributed by atoms with van der Waals surface area (Å²) in [5.41, 5.74) is 1.54. The molecule has 1 aliphatic heterocycles. The van der Waals surface area contributed by atoms with E-state index in [2.05, 4.69) is 9.97 Å². The van der Waals surface area contributed by atoms with Crippen LogP contribution in [0.25, 0.3) is 11.0 Å². The number of para-hydroxylation sites is 2. The van der Waals surface area contributed by atoms with Gasteiger partial charge in [0, 0.05) is 13.1 Å². The standard InChI is InChI=1S/C13H13N3O3/c1-19-12-11(16-6-8(7-16)13(17)18)14-9-4-2-3-5-10(9)15-12/h2-5,8H,6-7H2,1H3,(H,17,18). The number of nitrogens with zero attached hydrogens (tertiary/aromatic N) is 3. The van der Waals surface area contributed by atoms with E-state index in [0.717, 1.165) is 11.0 Å². The minimum absolute atomic E-state index is 0.335. The zero-order valence-corrected chi connectivity index (χ0v) is 10.4. The molecular formula is C13H13N3O3. The Hall–Kier alpha value is -2.37. The number of aromatic nitrogens is 2. The molecule has 0 aliphatic carbocycles. The Labute approximate surface area is 109 Å². The Bertz CT molecular complexity index is 638. The normalized spacial score (nSPS) is 15.3. The molecule has 1 N–H and O–H groups in total. The van der Waals surface area contributed by atoms with Gasteiger partial charge in [-0.1, -0.05) is 12.1 Å². The van der Waals surface area contributed by atoms with Gasteiger partial charge in [-0.05, 0) is 12.1 Å². The predicted octanol–water partition coefficient (Wildman–Crippen LogP) is 1.16. The van der Waals surface area contributed by atoms with E-state index in [1.165, 1.54) is 7.11 Å². The van der Waals surface area contributed by atoms with Gasteiger partial charge in [-0.25, -0.2) is 9.97 Å². The SMILES string of the molecule is COc1nc2ccccc2nc1N1CC(C(=O)O)C1. The summed E-state index contributed by atoms with van der Waals surface area (Å²) in [5.74, 6) is -0.0665. The molecule has 1 fully saturated rings. The van der Waals surface area contributed by atoms with Crippen molar-refractivity contribution in [3.8, 4) is 5.88 Å². The first kappa shape index (κ1) is 11.7. The summed E-state index contributed by atoms with van der Waals surface area (Å²) in [6, 6.07) is 7.52. The first-order valence-electron chi connectivity index (χ1n) is 5.97. The Morgan fingerprint density at radius 2 is 1.95 bits per heavy atom. The summed E-state index contributed by atoms with van der Waals surface area (Å²) >= 11 is 0. The highest BCUT2D eigenvalue weighted by Crippen LogP contribution is 2.31. The van der Waals surface area contributed by atoms with Gasteiger partial charge < -0.3 is 14.7 Å². The summed E-state index contributed by atoms with van der Waals surface area (Å²) in [6.07, 6.45) is 0. The Morgan fingerprint density at radius 1 is 1.32 bits per heavy atom. The van der Waals surface area contributed by atoms with E-state index in [1.807, 2.05) is 29.2 Å². The Balaban J connectivity index is 1.96. The molecule has 6 nitrogen and oxygen atoms in total. The van der Waals surface area contributed by atoms with Crippen LogP contribution in [0.15, 0.2) is 24.3 Å². The molecule has 1 aromatic carbocycles.